The van der Waals surface area contributed by atoms with E-state index in [0.717, 1.165) is 30.6 Å². The second kappa shape index (κ2) is 8.84. The van der Waals surface area contributed by atoms with Gasteiger partial charge in [0.1, 0.15) is 6.04 Å². The first-order chi connectivity index (χ1) is 13.0. The van der Waals surface area contributed by atoms with Gasteiger partial charge in [0.05, 0.1) is 21.2 Å². The van der Waals surface area contributed by atoms with Crippen LogP contribution in [-0.4, -0.2) is 58.7 Å². The van der Waals surface area contributed by atoms with Gasteiger partial charge in [0, 0.05) is 13.1 Å². The molecule has 2 aliphatic heterocycles. The Morgan fingerprint density at radius 1 is 1.04 bits per heavy atom. The van der Waals surface area contributed by atoms with E-state index in [-0.39, 0.29) is 27.1 Å². The van der Waals surface area contributed by atoms with Crippen molar-refractivity contribution in [1.29, 1.82) is 0 Å². The standard InChI is InChI=1S/C19H22Cl2N2O3S/c1-27-9-6-16(19(26)22-7-4-2-3-5-8-22)23-17(24)12-10-14(20)15(21)11-13(12)18(23)25/h10-11,16H,2-9H2,1H3/t16-/m0/s1. The summed E-state index contributed by atoms with van der Waals surface area (Å²) in [5, 5.41) is 0.441. The molecule has 0 aromatic heterocycles. The van der Waals surface area contributed by atoms with Crippen LogP contribution < -0.4 is 0 Å². The SMILES string of the molecule is CSCC[C@@H](C(=O)N1CCCCCC1)N1C(=O)c2cc(Cl)c(Cl)cc2C1=O. The molecule has 0 aliphatic carbocycles. The monoisotopic (exact) mass is 428 g/mol. The maximum absolute atomic E-state index is 13.2. The minimum Gasteiger partial charge on any atom is -0.341 e. The zero-order chi connectivity index (χ0) is 19.6. The molecule has 3 amide bonds. The maximum Gasteiger partial charge on any atom is 0.262 e. The molecule has 27 heavy (non-hydrogen) atoms. The van der Waals surface area contributed by atoms with Crippen LogP contribution in [-0.2, 0) is 4.79 Å². The summed E-state index contributed by atoms with van der Waals surface area (Å²) in [5.74, 6) is -0.401. The zero-order valence-electron chi connectivity index (χ0n) is 15.2. The van der Waals surface area contributed by atoms with Crippen molar-refractivity contribution < 1.29 is 14.4 Å². The van der Waals surface area contributed by atoms with Crippen molar-refractivity contribution in [2.75, 3.05) is 25.1 Å². The van der Waals surface area contributed by atoms with Gasteiger partial charge in [0.25, 0.3) is 11.8 Å². The number of rotatable bonds is 5. The summed E-state index contributed by atoms with van der Waals surface area (Å²) in [6.45, 7) is 1.35. The molecule has 0 saturated carbocycles. The average Bonchev–Trinajstić information content (AvgIpc) is 2.86. The number of amides is 3. The van der Waals surface area contributed by atoms with E-state index in [1.54, 1.807) is 11.8 Å². The largest absolute Gasteiger partial charge is 0.341 e. The molecule has 0 unspecified atom stereocenters. The minimum atomic E-state index is -0.791. The lowest BCUT2D eigenvalue weighted by atomic mass is 10.1. The van der Waals surface area contributed by atoms with E-state index in [1.165, 1.54) is 12.1 Å². The number of carbonyl (C=O) groups is 3. The van der Waals surface area contributed by atoms with Crippen LogP contribution in [0.25, 0.3) is 0 Å². The Morgan fingerprint density at radius 2 is 1.56 bits per heavy atom. The highest BCUT2D eigenvalue weighted by Gasteiger charge is 2.44. The van der Waals surface area contributed by atoms with Crippen molar-refractivity contribution >= 4 is 52.7 Å². The molecule has 5 nitrogen and oxygen atoms in total. The minimum absolute atomic E-state index is 0.141. The lowest BCUT2D eigenvalue weighted by molar-refractivity contribution is -0.135. The van der Waals surface area contributed by atoms with Gasteiger partial charge in [-0.05, 0) is 43.4 Å². The fraction of sp³-hybridized carbons (Fsp3) is 0.526. The molecule has 1 fully saturated rings. The maximum atomic E-state index is 13.2. The lowest BCUT2D eigenvalue weighted by Crippen LogP contribution is -2.51. The normalized spacial score (nSPS) is 18.5. The van der Waals surface area contributed by atoms with E-state index in [4.69, 9.17) is 23.2 Å². The second-order valence-electron chi connectivity index (χ2n) is 6.83. The molecular weight excluding hydrogens is 407 g/mol. The van der Waals surface area contributed by atoms with E-state index in [0.29, 0.717) is 25.3 Å². The van der Waals surface area contributed by atoms with Crippen molar-refractivity contribution in [3.05, 3.63) is 33.3 Å². The van der Waals surface area contributed by atoms with E-state index < -0.39 is 17.9 Å². The number of benzene rings is 1. The van der Waals surface area contributed by atoms with Crippen LogP contribution in [0.5, 0.6) is 0 Å². The first-order valence-electron chi connectivity index (χ1n) is 9.10. The predicted octanol–water partition coefficient (Wildman–Crippen LogP) is 4.11. The molecule has 0 radical (unpaired) electrons. The van der Waals surface area contributed by atoms with E-state index in [1.807, 2.05) is 11.2 Å². The number of carbonyl (C=O) groups excluding carboxylic acids is 3. The third-order valence-electron chi connectivity index (χ3n) is 5.07. The predicted molar refractivity (Wildman–Crippen MR) is 109 cm³/mol. The Hall–Kier alpha value is -1.24. The van der Waals surface area contributed by atoms with E-state index >= 15 is 0 Å². The second-order valence-corrected chi connectivity index (χ2v) is 8.63. The Balaban J connectivity index is 1.92. The van der Waals surface area contributed by atoms with Crippen molar-refractivity contribution in [1.82, 2.24) is 9.80 Å². The van der Waals surface area contributed by atoms with Gasteiger partial charge in [0.2, 0.25) is 5.91 Å². The lowest BCUT2D eigenvalue weighted by Gasteiger charge is -2.30. The van der Waals surface area contributed by atoms with Crippen molar-refractivity contribution in [3.63, 3.8) is 0 Å². The van der Waals surface area contributed by atoms with Gasteiger partial charge in [0.15, 0.2) is 0 Å². The van der Waals surface area contributed by atoms with Crippen molar-refractivity contribution in [2.45, 2.75) is 38.1 Å². The van der Waals surface area contributed by atoms with Gasteiger partial charge in [-0.3, -0.25) is 19.3 Å². The number of imide groups is 1. The molecule has 1 aromatic rings. The fourth-order valence-corrected chi connectivity index (χ4v) is 4.42. The molecule has 1 saturated heterocycles. The number of likely N-dealkylation sites (tertiary alicyclic amines) is 1. The van der Waals surface area contributed by atoms with Crippen LogP contribution in [0.1, 0.15) is 52.8 Å². The highest BCUT2D eigenvalue weighted by atomic mass is 35.5. The van der Waals surface area contributed by atoms with Gasteiger partial charge >= 0.3 is 0 Å². The number of fused-ring (bicyclic) bond motifs is 1. The first-order valence-corrected chi connectivity index (χ1v) is 11.3. The molecule has 0 spiro atoms. The first kappa shape index (κ1) is 20.5. The van der Waals surface area contributed by atoms with Crippen LogP contribution in [0, 0.1) is 0 Å². The third-order valence-corrected chi connectivity index (χ3v) is 6.43. The number of hydrogen-bond donors (Lipinski definition) is 0. The van der Waals surface area contributed by atoms with Crippen LogP contribution in [0.2, 0.25) is 10.0 Å². The van der Waals surface area contributed by atoms with Crippen LogP contribution in [0.15, 0.2) is 12.1 Å². The van der Waals surface area contributed by atoms with Crippen molar-refractivity contribution in [2.24, 2.45) is 0 Å². The molecule has 1 aromatic carbocycles. The van der Waals surface area contributed by atoms with Crippen LogP contribution in [0.3, 0.4) is 0 Å². The highest BCUT2D eigenvalue weighted by Crippen LogP contribution is 2.33. The average molecular weight is 429 g/mol. The summed E-state index contributed by atoms with van der Waals surface area (Å²) in [6, 6.07) is 2.05. The Labute approximate surface area is 173 Å². The highest BCUT2D eigenvalue weighted by molar-refractivity contribution is 7.98. The Morgan fingerprint density at radius 3 is 2.04 bits per heavy atom. The van der Waals surface area contributed by atoms with Gasteiger partial charge in [-0.1, -0.05) is 36.0 Å². The number of hydrogen-bond acceptors (Lipinski definition) is 4. The van der Waals surface area contributed by atoms with E-state index in [2.05, 4.69) is 0 Å². The molecule has 1 atom stereocenters. The molecular formula is C19H22Cl2N2O3S. The zero-order valence-corrected chi connectivity index (χ0v) is 17.5. The molecule has 0 bridgehead atoms. The van der Waals surface area contributed by atoms with Gasteiger partial charge in [-0.25, -0.2) is 0 Å². The van der Waals surface area contributed by atoms with Gasteiger partial charge in [-0.15, -0.1) is 0 Å². The number of nitrogens with zero attached hydrogens (tertiary/aromatic N) is 2. The topological polar surface area (TPSA) is 57.7 Å². The molecule has 2 aliphatic rings. The molecule has 3 rings (SSSR count). The number of halogens is 2. The molecule has 0 N–H and O–H groups in total. The number of thioether (sulfide) groups is 1. The van der Waals surface area contributed by atoms with Gasteiger partial charge in [-0.2, -0.15) is 11.8 Å². The summed E-state index contributed by atoms with van der Waals surface area (Å²) in [4.78, 5) is 42.1. The summed E-state index contributed by atoms with van der Waals surface area (Å²) in [7, 11) is 0. The quantitative estimate of drug-likeness (QED) is 0.661. The van der Waals surface area contributed by atoms with E-state index in [9.17, 15) is 14.4 Å². The summed E-state index contributed by atoms with van der Waals surface area (Å²) in [6.07, 6.45) is 6.48. The summed E-state index contributed by atoms with van der Waals surface area (Å²) < 4.78 is 0. The third kappa shape index (κ3) is 4.13. The Kier molecular flexibility index (Phi) is 6.71. The fourth-order valence-electron chi connectivity index (χ4n) is 3.63. The molecule has 8 heteroatoms. The molecule has 146 valence electrons. The summed E-state index contributed by atoms with van der Waals surface area (Å²) >= 11 is 13.6. The van der Waals surface area contributed by atoms with Crippen LogP contribution >= 0.6 is 35.0 Å². The smallest absolute Gasteiger partial charge is 0.262 e. The summed E-state index contributed by atoms with van der Waals surface area (Å²) in [5.41, 5.74) is 0.430. The van der Waals surface area contributed by atoms with Gasteiger partial charge < -0.3 is 4.90 Å². The molecule has 2 heterocycles. The Bertz CT molecular complexity index is 723. The van der Waals surface area contributed by atoms with Crippen LogP contribution in [0.4, 0.5) is 0 Å². The van der Waals surface area contributed by atoms with Crippen molar-refractivity contribution in [3.8, 4) is 0 Å².